The summed E-state index contributed by atoms with van der Waals surface area (Å²) in [5.41, 5.74) is 5.42. The Kier molecular flexibility index (Phi) is 5.14. The summed E-state index contributed by atoms with van der Waals surface area (Å²) >= 11 is 0. The maximum absolute atomic E-state index is 12.2. The third kappa shape index (κ3) is 3.78. The minimum Gasteiger partial charge on any atom is -0.378 e. The summed E-state index contributed by atoms with van der Waals surface area (Å²) in [5.74, 6) is 0.233. The van der Waals surface area contributed by atoms with Crippen molar-refractivity contribution in [1.29, 1.82) is 0 Å². The van der Waals surface area contributed by atoms with Gasteiger partial charge in [-0.1, -0.05) is 0 Å². The van der Waals surface area contributed by atoms with Crippen LogP contribution in [0.25, 0.3) is 0 Å². The smallest absolute Gasteiger partial charge is 0.243 e. The maximum atomic E-state index is 12.2. The fraction of sp³-hybridized carbons (Fsp3) is 0.750. The molecule has 0 spiro atoms. The third-order valence-electron chi connectivity index (χ3n) is 3.58. The Bertz CT molecular complexity index is 529. The van der Waals surface area contributed by atoms with Crippen molar-refractivity contribution in [3.05, 3.63) is 12.4 Å². The van der Waals surface area contributed by atoms with Gasteiger partial charge >= 0.3 is 0 Å². The van der Waals surface area contributed by atoms with E-state index >= 15 is 0 Å². The van der Waals surface area contributed by atoms with Crippen molar-refractivity contribution < 1.29 is 13.2 Å². The second kappa shape index (κ2) is 6.66. The zero-order chi connectivity index (χ0) is 14.6. The van der Waals surface area contributed by atoms with Gasteiger partial charge in [0, 0.05) is 31.8 Å². The Labute approximate surface area is 119 Å². The van der Waals surface area contributed by atoms with Crippen LogP contribution < -0.4 is 10.5 Å². The Hall–Kier alpha value is -0.960. The molecular weight excluding hydrogens is 280 g/mol. The molecule has 0 saturated carbocycles. The molecule has 0 aromatic carbocycles. The molecule has 1 aromatic rings. The van der Waals surface area contributed by atoms with Gasteiger partial charge in [-0.3, -0.25) is 4.68 Å². The Balaban J connectivity index is 1.93. The second-order valence-corrected chi connectivity index (χ2v) is 6.82. The number of rotatable bonds is 7. The van der Waals surface area contributed by atoms with E-state index in [1.807, 2.05) is 6.92 Å². The third-order valence-corrected chi connectivity index (χ3v) is 4.96. The van der Waals surface area contributed by atoms with Gasteiger partial charge in [-0.25, -0.2) is 13.1 Å². The molecule has 0 bridgehead atoms. The summed E-state index contributed by atoms with van der Waals surface area (Å²) in [7, 11) is -3.50. The van der Waals surface area contributed by atoms with Gasteiger partial charge < -0.3 is 10.5 Å². The van der Waals surface area contributed by atoms with Gasteiger partial charge in [0.05, 0.1) is 12.3 Å². The Morgan fingerprint density at radius 2 is 2.40 bits per heavy atom. The lowest BCUT2D eigenvalue weighted by Crippen LogP contribution is -2.31. The van der Waals surface area contributed by atoms with E-state index in [0.717, 1.165) is 12.8 Å². The van der Waals surface area contributed by atoms with Gasteiger partial charge in [0.25, 0.3) is 0 Å². The molecule has 20 heavy (non-hydrogen) atoms. The average molecular weight is 302 g/mol. The van der Waals surface area contributed by atoms with Crippen LogP contribution in [-0.2, 0) is 21.3 Å². The van der Waals surface area contributed by atoms with E-state index in [9.17, 15) is 8.42 Å². The first-order chi connectivity index (χ1) is 9.53. The lowest BCUT2D eigenvalue weighted by atomic mass is 10.0. The summed E-state index contributed by atoms with van der Waals surface area (Å²) in [4.78, 5) is 0.195. The predicted molar refractivity (Wildman–Crippen MR) is 74.6 cm³/mol. The van der Waals surface area contributed by atoms with E-state index in [-0.39, 0.29) is 16.9 Å². The number of nitrogens with zero attached hydrogens (tertiary/aromatic N) is 2. The van der Waals surface area contributed by atoms with Gasteiger partial charge in [0.2, 0.25) is 10.0 Å². The van der Waals surface area contributed by atoms with Crippen LogP contribution in [0.1, 0.15) is 19.8 Å². The summed E-state index contributed by atoms with van der Waals surface area (Å²) in [6.07, 6.45) is 4.66. The molecule has 0 radical (unpaired) electrons. The Morgan fingerprint density at radius 3 is 3.05 bits per heavy atom. The lowest BCUT2D eigenvalue weighted by molar-refractivity contribution is 0.107. The molecule has 1 aliphatic heterocycles. The molecule has 0 aliphatic carbocycles. The minimum absolute atomic E-state index is 0.102. The van der Waals surface area contributed by atoms with Gasteiger partial charge in [-0.15, -0.1) is 0 Å². The molecule has 8 heteroatoms. The standard InChI is InChI=1S/C12H22N4O3S/c1-10-11(3-6-19-10)7-15-20(17,18)12-8-14-16(9-12)5-2-4-13/h8-11,15H,2-7,13H2,1H3. The molecule has 1 aliphatic rings. The first kappa shape index (κ1) is 15.4. The number of aryl methyl sites for hydroxylation is 1. The fourth-order valence-electron chi connectivity index (χ4n) is 2.20. The zero-order valence-electron chi connectivity index (χ0n) is 11.7. The van der Waals surface area contributed by atoms with Crippen molar-refractivity contribution in [1.82, 2.24) is 14.5 Å². The quantitative estimate of drug-likeness (QED) is 0.735. The first-order valence-corrected chi connectivity index (χ1v) is 8.35. The van der Waals surface area contributed by atoms with Crippen molar-refractivity contribution in [3.8, 4) is 0 Å². The molecule has 2 rings (SSSR count). The first-order valence-electron chi connectivity index (χ1n) is 6.86. The fourth-order valence-corrected chi connectivity index (χ4v) is 3.25. The molecule has 7 nitrogen and oxygen atoms in total. The number of nitrogens with two attached hydrogens (primary N) is 1. The van der Waals surface area contributed by atoms with Crippen molar-refractivity contribution in [3.63, 3.8) is 0 Å². The minimum atomic E-state index is -3.50. The number of aromatic nitrogens is 2. The molecule has 1 saturated heterocycles. The lowest BCUT2D eigenvalue weighted by Gasteiger charge is -2.14. The topological polar surface area (TPSA) is 99.2 Å². The SMILES string of the molecule is CC1OCCC1CNS(=O)(=O)c1cnn(CCCN)c1. The maximum Gasteiger partial charge on any atom is 0.243 e. The summed E-state index contributed by atoms with van der Waals surface area (Å²) in [6, 6.07) is 0. The van der Waals surface area contributed by atoms with E-state index in [4.69, 9.17) is 10.5 Å². The second-order valence-electron chi connectivity index (χ2n) is 5.06. The summed E-state index contributed by atoms with van der Waals surface area (Å²) in [6.45, 7) is 4.25. The van der Waals surface area contributed by atoms with Gasteiger partial charge in [-0.05, 0) is 26.3 Å². The van der Waals surface area contributed by atoms with E-state index < -0.39 is 10.0 Å². The number of hydrogen-bond acceptors (Lipinski definition) is 5. The van der Waals surface area contributed by atoms with E-state index in [1.165, 1.54) is 12.4 Å². The van der Waals surface area contributed by atoms with E-state index in [1.54, 1.807) is 4.68 Å². The van der Waals surface area contributed by atoms with Gasteiger partial charge in [0.15, 0.2) is 0 Å². The zero-order valence-corrected chi connectivity index (χ0v) is 12.5. The van der Waals surface area contributed by atoms with Crippen LogP contribution in [0.4, 0.5) is 0 Å². The van der Waals surface area contributed by atoms with Crippen molar-refractivity contribution in [2.24, 2.45) is 11.7 Å². The van der Waals surface area contributed by atoms with Gasteiger partial charge in [0.1, 0.15) is 4.90 Å². The molecular formula is C12H22N4O3S. The van der Waals surface area contributed by atoms with Crippen LogP contribution >= 0.6 is 0 Å². The summed E-state index contributed by atoms with van der Waals surface area (Å²) in [5, 5.41) is 4.03. The van der Waals surface area contributed by atoms with E-state index in [0.29, 0.717) is 26.2 Å². The average Bonchev–Trinajstić information content (AvgIpc) is 3.03. The largest absolute Gasteiger partial charge is 0.378 e. The van der Waals surface area contributed by atoms with Crippen molar-refractivity contribution in [2.75, 3.05) is 19.7 Å². The van der Waals surface area contributed by atoms with Crippen LogP contribution in [0.5, 0.6) is 0 Å². The number of sulfonamides is 1. The van der Waals surface area contributed by atoms with Crippen LogP contribution in [-0.4, -0.2) is 44.0 Å². The molecule has 1 aromatic heterocycles. The molecule has 2 heterocycles. The van der Waals surface area contributed by atoms with E-state index in [2.05, 4.69) is 9.82 Å². The molecule has 114 valence electrons. The van der Waals surface area contributed by atoms with Crippen molar-refractivity contribution in [2.45, 2.75) is 37.3 Å². The van der Waals surface area contributed by atoms with Crippen LogP contribution in [0.3, 0.4) is 0 Å². The molecule has 0 amide bonds. The highest BCUT2D eigenvalue weighted by molar-refractivity contribution is 7.89. The normalized spacial score (nSPS) is 23.3. The Morgan fingerprint density at radius 1 is 1.60 bits per heavy atom. The predicted octanol–water partition coefficient (Wildman–Crippen LogP) is -0.0648. The highest BCUT2D eigenvalue weighted by atomic mass is 32.2. The molecule has 1 fully saturated rings. The highest BCUT2D eigenvalue weighted by Crippen LogP contribution is 2.20. The van der Waals surface area contributed by atoms with Crippen LogP contribution in [0.15, 0.2) is 17.3 Å². The number of nitrogens with one attached hydrogen (secondary N) is 1. The number of ether oxygens (including phenoxy) is 1. The number of hydrogen-bond donors (Lipinski definition) is 2. The molecule has 2 atom stereocenters. The van der Waals surface area contributed by atoms with Crippen molar-refractivity contribution >= 4 is 10.0 Å². The summed E-state index contributed by atoms with van der Waals surface area (Å²) < 4.78 is 34.0. The molecule has 2 unspecified atom stereocenters. The molecule has 3 N–H and O–H groups in total. The van der Waals surface area contributed by atoms with Crippen LogP contribution in [0, 0.1) is 5.92 Å². The van der Waals surface area contributed by atoms with Gasteiger partial charge in [-0.2, -0.15) is 5.10 Å². The highest BCUT2D eigenvalue weighted by Gasteiger charge is 2.26. The van der Waals surface area contributed by atoms with Crippen LogP contribution in [0.2, 0.25) is 0 Å². The monoisotopic (exact) mass is 302 g/mol.